The second kappa shape index (κ2) is 6.30. The maximum absolute atomic E-state index is 12.8. The van der Waals surface area contributed by atoms with Gasteiger partial charge in [0.25, 0.3) is 0 Å². The van der Waals surface area contributed by atoms with Gasteiger partial charge in [-0.05, 0) is 13.8 Å². The van der Waals surface area contributed by atoms with Crippen LogP contribution in [0.25, 0.3) is 0 Å². The molecule has 9 heteroatoms. The third kappa shape index (κ3) is 3.24. The van der Waals surface area contributed by atoms with Crippen molar-refractivity contribution in [3.63, 3.8) is 0 Å². The first-order valence-electron chi connectivity index (χ1n) is 7.99. The number of hydrogen-bond donors (Lipinski definition) is 0. The van der Waals surface area contributed by atoms with Crippen molar-refractivity contribution in [1.29, 1.82) is 0 Å². The normalized spacial score (nSPS) is 17.5. The van der Waals surface area contributed by atoms with Crippen LogP contribution in [0.2, 0.25) is 0 Å². The monoisotopic (exact) mass is 352 g/mol. The fraction of sp³-hybridized carbons (Fsp3) is 0.600. The molecule has 0 aliphatic carbocycles. The van der Waals surface area contributed by atoms with Gasteiger partial charge in [-0.3, -0.25) is 14.3 Å². The van der Waals surface area contributed by atoms with Crippen molar-refractivity contribution in [2.24, 2.45) is 14.1 Å². The lowest BCUT2D eigenvalue weighted by atomic mass is 10.2. The summed E-state index contributed by atoms with van der Waals surface area (Å²) in [5, 5.41) is 8.50. The fourth-order valence-corrected chi connectivity index (χ4v) is 4.77. The third-order valence-corrected chi connectivity index (χ3v) is 6.43. The van der Waals surface area contributed by atoms with E-state index in [9.17, 15) is 8.42 Å². The molecule has 0 saturated carbocycles. The zero-order valence-corrected chi connectivity index (χ0v) is 15.4. The standard InChI is InChI=1S/C15H24N6O2S/c1-12-14(9-18(3)16-12)10-20-5-7-21(8-6-20)24(22,23)15-11-19(4)17-13(15)2/h9,11H,5-8,10H2,1-4H3. The summed E-state index contributed by atoms with van der Waals surface area (Å²) in [6.45, 7) is 6.96. The number of nitrogens with zero attached hydrogens (tertiary/aromatic N) is 6. The van der Waals surface area contributed by atoms with E-state index in [0.717, 1.165) is 12.2 Å². The minimum Gasteiger partial charge on any atom is -0.296 e. The van der Waals surface area contributed by atoms with E-state index in [1.165, 1.54) is 5.56 Å². The van der Waals surface area contributed by atoms with Crippen LogP contribution in [0.3, 0.4) is 0 Å². The van der Waals surface area contributed by atoms with Crippen LogP contribution in [-0.4, -0.2) is 63.4 Å². The summed E-state index contributed by atoms with van der Waals surface area (Å²) in [6.07, 6.45) is 3.60. The first-order valence-corrected chi connectivity index (χ1v) is 9.43. The SMILES string of the molecule is Cc1nn(C)cc1CN1CCN(S(=O)(=O)c2cn(C)nc2C)CC1. The molecule has 2 aromatic heterocycles. The molecule has 0 atom stereocenters. The molecule has 132 valence electrons. The van der Waals surface area contributed by atoms with Crippen molar-refractivity contribution < 1.29 is 8.42 Å². The Morgan fingerprint density at radius 2 is 1.54 bits per heavy atom. The molecule has 24 heavy (non-hydrogen) atoms. The van der Waals surface area contributed by atoms with E-state index >= 15 is 0 Å². The van der Waals surface area contributed by atoms with Crippen LogP contribution in [0.1, 0.15) is 17.0 Å². The fourth-order valence-electron chi connectivity index (χ4n) is 3.14. The van der Waals surface area contributed by atoms with E-state index < -0.39 is 10.0 Å². The van der Waals surface area contributed by atoms with E-state index in [-0.39, 0.29) is 0 Å². The minimum atomic E-state index is -3.47. The van der Waals surface area contributed by atoms with Crippen LogP contribution in [0.5, 0.6) is 0 Å². The Balaban J connectivity index is 1.66. The van der Waals surface area contributed by atoms with Crippen molar-refractivity contribution in [2.45, 2.75) is 25.3 Å². The highest BCUT2D eigenvalue weighted by Gasteiger charge is 2.31. The lowest BCUT2D eigenvalue weighted by Gasteiger charge is -2.33. The average Bonchev–Trinajstić information content (AvgIpc) is 3.01. The van der Waals surface area contributed by atoms with E-state index in [0.29, 0.717) is 36.8 Å². The maximum atomic E-state index is 12.8. The summed E-state index contributed by atoms with van der Waals surface area (Å²) >= 11 is 0. The Bertz CT molecular complexity index is 830. The van der Waals surface area contributed by atoms with Crippen LogP contribution in [0.15, 0.2) is 17.3 Å². The zero-order valence-electron chi connectivity index (χ0n) is 14.6. The predicted octanol–water partition coefficient (Wildman–Crippen LogP) is 0.277. The number of hydrogen-bond acceptors (Lipinski definition) is 5. The van der Waals surface area contributed by atoms with Crippen molar-refractivity contribution >= 4 is 10.0 Å². The smallest absolute Gasteiger partial charge is 0.246 e. The largest absolute Gasteiger partial charge is 0.296 e. The summed E-state index contributed by atoms with van der Waals surface area (Å²) in [5.74, 6) is 0. The quantitative estimate of drug-likeness (QED) is 0.790. The van der Waals surface area contributed by atoms with E-state index in [1.807, 2.05) is 24.9 Å². The molecule has 2 aromatic rings. The number of aryl methyl sites for hydroxylation is 4. The van der Waals surface area contributed by atoms with E-state index in [2.05, 4.69) is 15.1 Å². The van der Waals surface area contributed by atoms with Crippen LogP contribution in [-0.2, 0) is 30.7 Å². The Hall–Kier alpha value is -1.71. The molecular weight excluding hydrogens is 328 g/mol. The van der Waals surface area contributed by atoms with Crippen LogP contribution in [0.4, 0.5) is 0 Å². The van der Waals surface area contributed by atoms with Gasteiger partial charge in [-0.25, -0.2) is 8.42 Å². The lowest BCUT2D eigenvalue weighted by molar-refractivity contribution is 0.181. The van der Waals surface area contributed by atoms with Crippen molar-refractivity contribution in [2.75, 3.05) is 26.2 Å². The summed E-state index contributed by atoms with van der Waals surface area (Å²) in [5.41, 5.74) is 2.77. The Kier molecular flexibility index (Phi) is 4.50. The van der Waals surface area contributed by atoms with Crippen molar-refractivity contribution in [3.05, 3.63) is 29.3 Å². The van der Waals surface area contributed by atoms with Crippen LogP contribution in [0, 0.1) is 13.8 Å². The average molecular weight is 352 g/mol. The van der Waals surface area contributed by atoms with Gasteiger partial charge >= 0.3 is 0 Å². The number of rotatable bonds is 4. The number of sulfonamides is 1. The molecule has 3 rings (SSSR count). The molecule has 0 aromatic carbocycles. The van der Waals surface area contributed by atoms with Crippen molar-refractivity contribution in [3.8, 4) is 0 Å². The highest BCUT2D eigenvalue weighted by atomic mass is 32.2. The topological polar surface area (TPSA) is 76.3 Å². The van der Waals surface area contributed by atoms with Gasteiger partial charge in [0.05, 0.1) is 11.4 Å². The van der Waals surface area contributed by atoms with Crippen LogP contribution >= 0.6 is 0 Å². The molecule has 1 aliphatic heterocycles. The van der Waals surface area contributed by atoms with Gasteiger partial charge in [0, 0.05) is 64.8 Å². The van der Waals surface area contributed by atoms with Gasteiger partial charge in [-0.15, -0.1) is 0 Å². The van der Waals surface area contributed by atoms with Gasteiger partial charge < -0.3 is 0 Å². The second-order valence-corrected chi connectivity index (χ2v) is 8.25. The van der Waals surface area contributed by atoms with Gasteiger partial charge in [-0.1, -0.05) is 0 Å². The molecule has 0 radical (unpaired) electrons. The highest BCUT2D eigenvalue weighted by Crippen LogP contribution is 2.21. The highest BCUT2D eigenvalue weighted by molar-refractivity contribution is 7.89. The Morgan fingerprint density at radius 1 is 0.958 bits per heavy atom. The van der Waals surface area contributed by atoms with E-state index in [1.54, 1.807) is 29.2 Å². The molecule has 1 fully saturated rings. The van der Waals surface area contributed by atoms with Gasteiger partial charge in [-0.2, -0.15) is 14.5 Å². The van der Waals surface area contributed by atoms with Gasteiger partial charge in [0.15, 0.2) is 0 Å². The molecule has 3 heterocycles. The molecule has 1 aliphatic rings. The summed E-state index contributed by atoms with van der Waals surface area (Å²) in [7, 11) is 0.185. The Morgan fingerprint density at radius 3 is 2.04 bits per heavy atom. The first-order chi connectivity index (χ1) is 11.3. The molecule has 1 saturated heterocycles. The molecule has 0 unspecified atom stereocenters. The molecular formula is C15H24N6O2S. The minimum absolute atomic E-state index is 0.307. The zero-order chi connectivity index (χ0) is 17.5. The maximum Gasteiger partial charge on any atom is 0.246 e. The summed E-state index contributed by atoms with van der Waals surface area (Å²) < 4.78 is 30.5. The first kappa shape index (κ1) is 17.1. The summed E-state index contributed by atoms with van der Waals surface area (Å²) in [4.78, 5) is 2.58. The molecule has 8 nitrogen and oxygen atoms in total. The van der Waals surface area contributed by atoms with E-state index in [4.69, 9.17) is 0 Å². The molecule has 0 amide bonds. The number of aromatic nitrogens is 4. The number of piperazine rings is 1. The summed E-state index contributed by atoms with van der Waals surface area (Å²) in [6, 6.07) is 0. The third-order valence-electron chi connectivity index (χ3n) is 4.43. The van der Waals surface area contributed by atoms with Gasteiger partial charge in [0.1, 0.15) is 4.90 Å². The predicted molar refractivity (Wildman–Crippen MR) is 89.9 cm³/mol. The molecule has 0 bridgehead atoms. The lowest BCUT2D eigenvalue weighted by Crippen LogP contribution is -2.48. The van der Waals surface area contributed by atoms with Gasteiger partial charge in [0.2, 0.25) is 10.0 Å². The Labute approximate surface area is 142 Å². The molecule has 0 N–H and O–H groups in total. The van der Waals surface area contributed by atoms with Crippen molar-refractivity contribution in [1.82, 2.24) is 28.8 Å². The molecule has 0 spiro atoms. The second-order valence-electron chi connectivity index (χ2n) is 6.35. The van der Waals surface area contributed by atoms with Crippen LogP contribution < -0.4 is 0 Å².